The van der Waals surface area contributed by atoms with Crippen LogP contribution >= 0.6 is 0 Å². The van der Waals surface area contributed by atoms with E-state index in [1.54, 1.807) is 0 Å². The maximum Gasteiger partial charge on any atom is 0.326 e. The molecule has 7 heteroatoms. The molecule has 7 nitrogen and oxygen atoms in total. The van der Waals surface area contributed by atoms with Crippen LogP contribution in [0.1, 0.15) is 19.3 Å². The quantitative estimate of drug-likeness (QED) is 0.614. The lowest BCUT2D eigenvalue weighted by Gasteiger charge is -2.27. The van der Waals surface area contributed by atoms with Crippen molar-refractivity contribution < 1.29 is 24.5 Å². The third-order valence-electron chi connectivity index (χ3n) is 3.31. The van der Waals surface area contributed by atoms with Crippen LogP contribution < -0.4 is 5.32 Å². The average molecular weight is 258 g/mol. The van der Waals surface area contributed by atoms with Crippen LogP contribution in [0.4, 0.5) is 4.79 Å². The molecule has 2 rings (SSSR count). The summed E-state index contributed by atoms with van der Waals surface area (Å²) in [5, 5.41) is 21.2. The average Bonchev–Trinajstić information content (AvgIpc) is 2.73. The van der Waals surface area contributed by atoms with Gasteiger partial charge in [0.25, 0.3) is 0 Å². The normalized spacial score (nSPS) is 32.3. The van der Waals surface area contributed by atoms with Gasteiger partial charge in [0.2, 0.25) is 0 Å². The molecule has 0 saturated carbocycles. The number of urea groups is 1. The number of ether oxygens (including phenoxy) is 1. The van der Waals surface area contributed by atoms with Gasteiger partial charge < -0.3 is 25.2 Å². The number of amides is 2. The number of hydrogen-bond donors (Lipinski definition) is 3. The Hall–Kier alpha value is -1.34. The Kier molecular flexibility index (Phi) is 4.03. The van der Waals surface area contributed by atoms with E-state index in [4.69, 9.17) is 9.84 Å². The van der Waals surface area contributed by atoms with Gasteiger partial charge in [-0.05, 0) is 12.8 Å². The minimum absolute atomic E-state index is 0.0659. The fourth-order valence-electron chi connectivity index (χ4n) is 2.38. The monoisotopic (exact) mass is 258 g/mol. The van der Waals surface area contributed by atoms with Crippen LogP contribution in [-0.4, -0.2) is 65.1 Å². The molecule has 18 heavy (non-hydrogen) atoms. The van der Waals surface area contributed by atoms with Gasteiger partial charge in [0.15, 0.2) is 0 Å². The molecule has 0 aromatic carbocycles. The number of aliphatic carboxylic acids is 1. The number of β-amino-alcohol motifs (C(OH)–C–C–N with tert-alkyl or cyclic N) is 1. The van der Waals surface area contributed by atoms with E-state index in [0.29, 0.717) is 13.2 Å². The summed E-state index contributed by atoms with van der Waals surface area (Å²) in [5.41, 5.74) is 0. The second kappa shape index (κ2) is 5.53. The third-order valence-corrected chi connectivity index (χ3v) is 3.31. The number of aliphatic hydroxyl groups is 1. The molecule has 0 aromatic heterocycles. The van der Waals surface area contributed by atoms with E-state index in [1.807, 2.05) is 0 Å². The fraction of sp³-hybridized carbons (Fsp3) is 0.818. The second-order valence-corrected chi connectivity index (χ2v) is 4.76. The van der Waals surface area contributed by atoms with Gasteiger partial charge in [0.05, 0.1) is 18.8 Å². The fourth-order valence-corrected chi connectivity index (χ4v) is 2.38. The molecule has 102 valence electrons. The first-order chi connectivity index (χ1) is 8.58. The molecule has 3 atom stereocenters. The van der Waals surface area contributed by atoms with Gasteiger partial charge in [-0.15, -0.1) is 0 Å². The molecule has 0 spiro atoms. The summed E-state index contributed by atoms with van der Waals surface area (Å²) in [5.74, 6) is -1.08. The van der Waals surface area contributed by atoms with Crippen molar-refractivity contribution in [3.63, 3.8) is 0 Å². The molecule has 2 aliphatic rings. The Labute approximate surface area is 105 Å². The summed E-state index contributed by atoms with van der Waals surface area (Å²) in [7, 11) is 0. The predicted octanol–water partition coefficient (Wildman–Crippen LogP) is -0.605. The van der Waals surface area contributed by atoms with E-state index in [9.17, 15) is 14.7 Å². The number of likely N-dealkylation sites (tertiary alicyclic amines) is 1. The topological polar surface area (TPSA) is 99.1 Å². The number of aliphatic hydroxyl groups excluding tert-OH is 1. The van der Waals surface area contributed by atoms with Crippen LogP contribution in [-0.2, 0) is 9.53 Å². The van der Waals surface area contributed by atoms with Crippen molar-refractivity contribution in [3.05, 3.63) is 0 Å². The molecule has 2 aliphatic heterocycles. The molecule has 3 N–H and O–H groups in total. The van der Waals surface area contributed by atoms with Crippen molar-refractivity contribution in [2.45, 2.75) is 37.5 Å². The van der Waals surface area contributed by atoms with Gasteiger partial charge in [-0.1, -0.05) is 0 Å². The van der Waals surface area contributed by atoms with Crippen LogP contribution in [0.3, 0.4) is 0 Å². The number of hydrogen-bond acceptors (Lipinski definition) is 4. The maximum absolute atomic E-state index is 12.0. The van der Waals surface area contributed by atoms with Crippen LogP contribution in [0.15, 0.2) is 0 Å². The van der Waals surface area contributed by atoms with Crippen LogP contribution in [0.5, 0.6) is 0 Å². The lowest BCUT2D eigenvalue weighted by atomic mass is 10.1. The van der Waals surface area contributed by atoms with Crippen molar-refractivity contribution in [2.24, 2.45) is 0 Å². The Bertz CT molecular complexity index is 329. The molecular formula is C11H18N2O5. The lowest BCUT2D eigenvalue weighted by Crippen LogP contribution is -2.51. The minimum Gasteiger partial charge on any atom is -0.480 e. The maximum atomic E-state index is 12.0. The third kappa shape index (κ3) is 2.91. The Morgan fingerprint density at radius 3 is 2.78 bits per heavy atom. The molecule has 2 fully saturated rings. The summed E-state index contributed by atoms with van der Waals surface area (Å²) in [6.07, 6.45) is 1.04. The van der Waals surface area contributed by atoms with Gasteiger partial charge in [0.1, 0.15) is 6.04 Å². The molecule has 2 amide bonds. The predicted molar refractivity (Wildman–Crippen MR) is 61.1 cm³/mol. The van der Waals surface area contributed by atoms with E-state index in [1.165, 1.54) is 4.90 Å². The highest BCUT2D eigenvalue weighted by Gasteiger charge is 2.39. The Morgan fingerprint density at radius 2 is 2.17 bits per heavy atom. The highest BCUT2D eigenvalue weighted by Crippen LogP contribution is 2.18. The molecule has 0 aromatic rings. The van der Waals surface area contributed by atoms with Crippen LogP contribution in [0.2, 0.25) is 0 Å². The highest BCUT2D eigenvalue weighted by molar-refractivity contribution is 5.83. The molecule has 2 heterocycles. The Morgan fingerprint density at radius 1 is 1.39 bits per heavy atom. The molecule has 2 unspecified atom stereocenters. The molecule has 2 saturated heterocycles. The first-order valence-electron chi connectivity index (χ1n) is 6.13. The smallest absolute Gasteiger partial charge is 0.326 e. The number of carbonyl (C=O) groups is 2. The van der Waals surface area contributed by atoms with Gasteiger partial charge in [-0.25, -0.2) is 9.59 Å². The van der Waals surface area contributed by atoms with Gasteiger partial charge >= 0.3 is 12.0 Å². The number of nitrogens with zero attached hydrogens (tertiary/aromatic N) is 1. The molecular weight excluding hydrogens is 240 g/mol. The molecule has 0 aliphatic carbocycles. The molecule has 0 bridgehead atoms. The zero-order chi connectivity index (χ0) is 13.1. The van der Waals surface area contributed by atoms with E-state index >= 15 is 0 Å². The lowest BCUT2D eigenvalue weighted by molar-refractivity contribution is -0.141. The minimum atomic E-state index is -1.08. The second-order valence-electron chi connectivity index (χ2n) is 4.76. The summed E-state index contributed by atoms with van der Waals surface area (Å²) >= 11 is 0. The summed E-state index contributed by atoms with van der Waals surface area (Å²) in [6.45, 7) is 1.22. The highest BCUT2D eigenvalue weighted by atomic mass is 16.5. The molecule has 0 radical (unpaired) electrons. The number of carbonyl (C=O) groups excluding carboxylic acids is 1. The zero-order valence-corrected chi connectivity index (χ0v) is 10.0. The van der Waals surface area contributed by atoms with Gasteiger partial charge in [-0.3, -0.25) is 0 Å². The summed E-state index contributed by atoms with van der Waals surface area (Å²) in [6, 6.07) is -1.45. The number of carboxylic acid groups (broad SMARTS) is 1. The number of rotatable bonds is 2. The van der Waals surface area contributed by atoms with Crippen molar-refractivity contribution in [1.29, 1.82) is 0 Å². The first kappa shape index (κ1) is 13.1. The largest absolute Gasteiger partial charge is 0.480 e. The van der Waals surface area contributed by atoms with Crippen molar-refractivity contribution >= 4 is 12.0 Å². The van der Waals surface area contributed by atoms with Crippen LogP contribution in [0.25, 0.3) is 0 Å². The van der Waals surface area contributed by atoms with Crippen LogP contribution in [0, 0.1) is 0 Å². The van der Waals surface area contributed by atoms with Crippen molar-refractivity contribution in [1.82, 2.24) is 10.2 Å². The number of carboxylic acids is 1. The summed E-state index contributed by atoms with van der Waals surface area (Å²) in [4.78, 5) is 24.1. The zero-order valence-electron chi connectivity index (χ0n) is 10.0. The number of nitrogens with one attached hydrogen (secondary N) is 1. The van der Waals surface area contributed by atoms with E-state index in [0.717, 1.165) is 12.8 Å². The summed E-state index contributed by atoms with van der Waals surface area (Å²) < 4.78 is 5.24. The first-order valence-corrected chi connectivity index (χ1v) is 6.13. The van der Waals surface area contributed by atoms with Crippen molar-refractivity contribution in [2.75, 3.05) is 19.8 Å². The standard InChI is InChI=1S/C11H18N2O5/c14-8-4-9(10(15)16)13(5-8)11(17)12-7-2-1-3-18-6-7/h7-9,14H,1-6H2,(H,12,17)(H,15,16)/t7?,8?,9-/m0/s1. The van der Waals surface area contributed by atoms with Gasteiger partial charge in [-0.2, -0.15) is 0 Å². The van der Waals surface area contributed by atoms with Gasteiger partial charge in [0, 0.05) is 19.6 Å². The van der Waals surface area contributed by atoms with Crippen molar-refractivity contribution in [3.8, 4) is 0 Å². The van der Waals surface area contributed by atoms with E-state index in [2.05, 4.69) is 5.32 Å². The van der Waals surface area contributed by atoms with E-state index in [-0.39, 0.29) is 19.0 Å². The van der Waals surface area contributed by atoms with E-state index < -0.39 is 24.1 Å². The SMILES string of the molecule is O=C(O)[C@@H]1CC(O)CN1C(=O)NC1CCCOC1. The Balaban J connectivity index is 1.92.